The Labute approximate surface area is 251 Å². The van der Waals surface area contributed by atoms with Crippen LogP contribution in [0.5, 0.6) is 5.75 Å². The Morgan fingerprint density at radius 3 is 2.37 bits per heavy atom. The molecular weight excluding hydrogens is 546 g/mol. The van der Waals surface area contributed by atoms with Crippen LogP contribution in [0.2, 0.25) is 0 Å². The first kappa shape index (κ1) is 30.5. The van der Waals surface area contributed by atoms with Gasteiger partial charge in [-0.1, -0.05) is 55.3 Å². The Kier molecular flexibility index (Phi) is 9.92. The van der Waals surface area contributed by atoms with Crippen molar-refractivity contribution in [2.45, 2.75) is 51.7 Å². The second-order valence-corrected chi connectivity index (χ2v) is 11.2. The molecule has 2 aliphatic rings. The van der Waals surface area contributed by atoms with E-state index in [-0.39, 0.29) is 38.1 Å². The molecule has 0 spiro atoms. The molecule has 8 heteroatoms. The number of amides is 2. The van der Waals surface area contributed by atoms with Crippen molar-refractivity contribution in [3.05, 3.63) is 101 Å². The second-order valence-electron chi connectivity index (χ2n) is 11.2. The zero-order valence-electron chi connectivity index (χ0n) is 24.4. The van der Waals surface area contributed by atoms with Crippen LogP contribution in [0.4, 0.5) is 5.69 Å². The van der Waals surface area contributed by atoms with Crippen molar-refractivity contribution in [1.82, 2.24) is 0 Å². The summed E-state index contributed by atoms with van der Waals surface area (Å²) in [4.78, 5) is 28.7. The van der Waals surface area contributed by atoms with Gasteiger partial charge in [0.05, 0.1) is 30.2 Å². The maximum absolute atomic E-state index is 13.8. The number of benzene rings is 2. The van der Waals surface area contributed by atoms with Crippen molar-refractivity contribution in [1.29, 1.82) is 0 Å². The Hall–Kier alpha value is -3.98. The average Bonchev–Trinajstić information content (AvgIpc) is 3.59. The number of imide groups is 1. The summed E-state index contributed by atoms with van der Waals surface area (Å²) in [6.07, 6.45) is 3.90. The third-order valence-electron chi connectivity index (χ3n) is 8.41. The van der Waals surface area contributed by atoms with Crippen molar-refractivity contribution in [2.75, 3.05) is 18.1 Å². The molecule has 0 bridgehead atoms. The van der Waals surface area contributed by atoms with Gasteiger partial charge in [0, 0.05) is 5.92 Å². The van der Waals surface area contributed by atoms with Gasteiger partial charge >= 0.3 is 0 Å². The fraction of sp³-hybridized carbons (Fsp3) is 0.371. The highest BCUT2D eigenvalue weighted by molar-refractivity contribution is 6.22. The van der Waals surface area contributed by atoms with Crippen LogP contribution < -0.4 is 9.64 Å². The van der Waals surface area contributed by atoms with Gasteiger partial charge < -0.3 is 24.5 Å². The predicted molar refractivity (Wildman–Crippen MR) is 163 cm³/mol. The van der Waals surface area contributed by atoms with Crippen LogP contribution in [-0.4, -0.2) is 46.5 Å². The highest BCUT2D eigenvalue weighted by Crippen LogP contribution is 2.47. The lowest BCUT2D eigenvalue weighted by Gasteiger charge is -2.36. The number of carbonyl (C=O) groups is 2. The van der Waals surface area contributed by atoms with E-state index in [1.807, 2.05) is 48.5 Å². The molecule has 4 atom stereocenters. The summed E-state index contributed by atoms with van der Waals surface area (Å²) in [7, 11) is 0. The summed E-state index contributed by atoms with van der Waals surface area (Å²) in [6.45, 7) is 1.66. The molecule has 0 unspecified atom stereocenters. The lowest BCUT2D eigenvalue weighted by atomic mass is 9.68. The van der Waals surface area contributed by atoms with E-state index in [0.717, 1.165) is 24.0 Å². The molecule has 43 heavy (non-hydrogen) atoms. The van der Waals surface area contributed by atoms with Crippen LogP contribution >= 0.6 is 0 Å². The topological polar surface area (TPSA) is 120 Å². The van der Waals surface area contributed by atoms with E-state index in [0.29, 0.717) is 41.4 Å². The molecule has 0 radical (unpaired) electrons. The van der Waals surface area contributed by atoms with Crippen molar-refractivity contribution < 1.29 is 34.1 Å². The van der Waals surface area contributed by atoms with Crippen LogP contribution in [0.1, 0.15) is 50.5 Å². The number of carbonyl (C=O) groups excluding carboxylic acids is 2. The fourth-order valence-corrected chi connectivity index (χ4v) is 6.44. The molecule has 1 saturated heterocycles. The Morgan fingerprint density at radius 2 is 1.72 bits per heavy atom. The summed E-state index contributed by atoms with van der Waals surface area (Å²) in [5.74, 6) is -0.999. The van der Waals surface area contributed by atoms with Gasteiger partial charge in [0.25, 0.3) is 0 Å². The molecule has 1 aliphatic heterocycles. The number of allylic oxidation sites excluding steroid dienone is 1. The molecule has 1 aromatic heterocycles. The minimum Gasteiger partial charge on any atom is -0.489 e. The summed E-state index contributed by atoms with van der Waals surface area (Å²) in [5.41, 5.74) is 2.92. The second kappa shape index (κ2) is 14.0. The summed E-state index contributed by atoms with van der Waals surface area (Å²) in [6, 6.07) is 21.7. The van der Waals surface area contributed by atoms with Crippen molar-refractivity contribution in [3.8, 4) is 5.75 Å². The molecule has 8 nitrogen and oxygen atoms in total. The first-order valence-electron chi connectivity index (χ1n) is 15.0. The number of rotatable bonds is 13. The zero-order valence-corrected chi connectivity index (χ0v) is 24.4. The maximum Gasteiger partial charge on any atom is 0.238 e. The van der Waals surface area contributed by atoms with Crippen LogP contribution in [0.3, 0.4) is 0 Å². The summed E-state index contributed by atoms with van der Waals surface area (Å²) >= 11 is 0. The lowest BCUT2D eigenvalue weighted by Crippen LogP contribution is -2.40. The van der Waals surface area contributed by atoms with Crippen molar-refractivity contribution in [2.24, 2.45) is 17.8 Å². The van der Waals surface area contributed by atoms with Crippen LogP contribution in [0, 0.1) is 17.8 Å². The standard InChI is InChI=1S/C35H39NO7/c1-2-9-23(18-27-15-16-28(20-37)43-27)14-17-31(39)32-24(22-42-26-12-7-4-8-13-26)19-29-33(30(32)21-38)35(41)36(34(29)40)25-10-5-3-6-11-25/h3-8,10-13,15-16,18,29-31,33,37-39H,2,9,14,17,19-22H2,1H3/b23-18+/t29-,30+,31-,33-/m1/s1. The summed E-state index contributed by atoms with van der Waals surface area (Å²) in [5, 5.41) is 31.7. The molecule has 3 N–H and O–H groups in total. The number of aliphatic hydroxyl groups excluding tert-OH is 3. The van der Waals surface area contributed by atoms with Crippen molar-refractivity contribution >= 4 is 23.6 Å². The predicted octanol–water partition coefficient (Wildman–Crippen LogP) is 5.29. The first-order valence-corrected chi connectivity index (χ1v) is 15.0. The van der Waals surface area contributed by atoms with Gasteiger partial charge in [-0.2, -0.15) is 0 Å². The Morgan fingerprint density at radius 1 is 1.00 bits per heavy atom. The van der Waals surface area contributed by atoms with Gasteiger partial charge in [-0.25, -0.2) is 0 Å². The third kappa shape index (κ3) is 6.67. The first-order chi connectivity index (χ1) is 20.9. The highest BCUT2D eigenvalue weighted by Gasteiger charge is 2.55. The van der Waals surface area contributed by atoms with Crippen LogP contribution in [0.25, 0.3) is 6.08 Å². The van der Waals surface area contributed by atoms with E-state index in [1.165, 1.54) is 4.90 Å². The molecule has 1 aliphatic carbocycles. The number of anilines is 1. The Bertz CT molecular complexity index is 1460. The monoisotopic (exact) mass is 585 g/mol. The molecule has 1 fully saturated rings. The third-order valence-corrected chi connectivity index (χ3v) is 8.41. The quantitative estimate of drug-likeness (QED) is 0.184. The van der Waals surface area contributed by atoms with E-state index in [9.17, 15) is 24.9 Å². The average molecular weight is 586 g/mol. The number of ether oxygens (including phenoxy) is 1. The number of aliphatic hydroxyl groups is 3. The SMILES string of the molecule is CCC/C(=C\c1ccc(CO)o1)CC[C@@H](O)C1=C(COc2ccccc2)C[C@H]2C(=O)N(c3ccccc3)C(=O)[C@H]2[C@H]1CO. The smallest absolute Gasteiger partial charge is 0.238 e. The molecule has 2 aromatic carbocycles. The normalized spacial score (nSPS) is 21.3. The molecule has 226 valence electrons. The highest BCUT2D eigenvalue weighted by atomic mass is 16.5. The van der Waals surface area contributed by atoms with Crippen LogP contribution in [0.15, 0.2) is 93.9 Å². The van der Waals surface area contributed by atoms with E-state index in [4.69, 9.17) is 9.15 Å². The van der Waals surface area contributed by atoms with Crippen molar-refractivity contribution in [3.63, 3.8) is 0 Å². The minimum absolute atomic E-state index is 0.136. The van der Waals surface area contributed by atoms with Gasteiger partial charge in [-0.05, 0) is 79.3 Å². The lowest BCUT2D eigenvalue weighted by molar-refractivity contribution is -0.123. The summed E-state index contributed by atoms with van der Waals surface area (Å²) < 4.78 is 11.7. The zero-order chi connectivity index (χ0) is 30.3. The van der Waals surface area contributed by atoms with Gasteiger partial charge in [-0.15, -0.1) is 0 Å². The number of para-hydroxylation sites is 2. The van der Waals surface area contributed by atoms with Gasteiger partial charge in [0.15, 0.2) is 0 Å². The van der Waals surface area contributed by atoms with E-state index in [2.05, 4.69) is 6.92 Å². The fourth-order valence-electron chi connectivity index (χ4n) is 6.44. The number of furan rings is 1. The molecule has 2 amide bonds. The van der Waals surface area contributed by atoms with Crippen LogP contribution in [-0.2, 0) is 16.2 Å². The molecule has 3 aromatic rings. The minimum atomic E-state index is -0.953. The van der Waals surface area contributed by atoms with E-state index >= 15 is 0 Å². The number of fused-ring (bicyclic) bond motifs is 1. The molecular formula is C35H39NO7. The molecule has 0 saturated carbocycles. The van der Waals surface area contributed by atoms with Gasteiger partial charge in [0.2, 0.25) is 11.8 Å². The Balaban J connectivity index is 1.44. The molecule has 5 rings (SSSR count). The number of hydrogen-bond acceptors (Lipinski definition) is 7. The molecule has 2 heterocycles. The van der Waals surface area contributed by atoms with E-state index < -0.39 is 23.9 Å². The largest absolute Gasteiger partial charge is 0.489 e. The number of hydrogen-bond donors (Lipinski definition) is 3. The van der Waals surface area contributed by atoms with Gasteiger partial charge in [0.1, 0.15) is 30.5 Å². The van der Waals surface area contributed by atoms with E-state index in [1.54, 1.807) is 30.3 Å². The maximum atomic E-state index is 13.8. The number of nitrogens with zero attached hydrogens (tertiary/aromatic N) is 1. The van der Waals surface area contributed by atoms with Gasteiger partial charge in [-0.3, -0.25) is 14.5 Å².